The van der Waals surface area contributed by atoms with Crippen LogP contribution in [0.25, 0.3) is 0 Å². The van der Waals surface area contributed by atoms with Gasteiger partial charge < -0.3 is 5.32 Å². The minimum Gasteiger partial charge on any atom is -0.310 e. The zero-order valence-electron chi connectivity index (χ0n) is 8.22. The van der Waals surface area contributed by atoms with Gasteiger partial charge >= 0.3 is 0 Å². The molecule has 1 nitrogen and oxygen atoms in total. The fourth-order valence-corrected chi connectivity index (χ4v) is 3.11. The lowest BCUT2D eigenvalue weighted by molar-refractivity contribution is 0.527. The fourth-order valence-electron chi connectivity index (χ4n) is 1.82. The highest BCUT2D eigenvalue weighted by Crippen LogP contribution is 2.37. The van der Waals surface area contributed by atoms with E-state index in [-0.39, 0.29) is 0 Å². The van der Waals surface area contributed by atoms with E-state index in [2.05, 4.69) is 24.4 Å². The van der Waals surface area contributed by atoms with Crippen molar-refractivity contribution in [2.45, 2.75) is 24.3 Å². The van der Waals surface area contributed by atoms with Crippen LogP contribution in [0.2, 0.25) is 5.02 Å². The van der Waals surface area contributed by atoms with Crippen LogP contribution in [0.3, 0.4) is 0 Å². The van der Waals surface area contributed by atoms with Crippen molar-refractivity contribution in [3.8, 4) is 0 Å². The number of hydrogen-bond donors (Lipinski definition) is 1. The van der Waals surface area contributed by atoms with Crippen LogP contribution in [0.4, 0.5) is 0 Å². The zero-order valence-corrected chi connectivity index (χ0v) is 9.79. The molecule has 0 amide bonds. The first-order valence-corrected chi connectivity index (χ1v) is 6.33. The predicted molar refractivity (Wildman–Crippen MR) is 63.2 cm³/mol. The van der Waals surface area contributed by atoms with Crippen LogP contribution in [-0.2, 0) is 0 Å². The van der Waals surface area contributed by atoms with Crippen molar-refractivity contribution in [1.29, 1.82) is 0 Å². The van der Waals surface area contributed by atoms with Gasteiger partial charge in [0.05, 0.1) is 0 Å². The van der Waals surface area contributed by atoms with E-state index in [9.17, 15) is 0 Å². The van der Waals surface area contributed by atoms with Gasteiger partial charge in [-0.2, -0.15) is 0 Å². The molecule has 1 aromatic carbocycles. The molecule has 1 aromatic rings. The van der Waals surface area contributed by atoms with Crippen molar-refractivity contribution in [3.05, 3.63) is 28.8 Å². The Bertz CT molecular complexity index is 327. The molecule has 1 atom stereocenters. The second kappa shape index (κ2) is 4.56. The van der Waals surface area contributed by atoms with Crippen molar-refractivity contribution in [3.63, 3.8) is 0 Å². The lowest BCUT2D eigenvalue weighted by Crippen LogP contribution is -2.24. The first kappa shape index (κ1) is 10.3. The van der Waals surface area contributed by atoms with Crippen molar-refractivity contribution >= 4 is 23.4 Å². The lowest BCUT2D eigenvalue weighted by Gasteiger charge is -2.25. The van der Waals surface area contributed by atoms with Crippen LogP contribution < -0.4 is 5.32 Å². The Morgan fingerprint density at radius 2 is 2.43 bits per heavy atom. The van der Waals surface area contributed by atoms with Crippen LogP contribution in [-0.4, -0.2) is 12.3 Å². The minimum atomic E-state index is 0.495. The predicted octanol–water partition coefficient (Wildman–Crippen LogP) is 3.49. The van der Waals surface area contributed by atoms with Crippen LogP contribution in [0.15, 0.2) is 23.1 Å². The average molecular weight is 228 g/mol. The summed E-state index contributed by atoms with van der Waals surface area (Å²) in [7, 11) is 0. The Kier molecular flexibility index (Phi) is 3.37. The normalized spacial score (nSPS) is 20.6. The zero-order chi connectivity index (χ0) is 9.97. The van der Waals surface area contributed by atoms with E-state index in [0.29, 0.717) is 6.04 Å². The maximum absolute atomic E-state index is 6.01. The third-order valence-corrected chi connectivity index (χ3v) is 3.82. The monoisotopic (exact) mass is 227 g/mol. The molecular weight excluding hydrogens is 214 g/mol. The Morgan fingerprint density at radius 3 is 3.21 bits per heavy atom. The summed E-state index contributed by atoms with van der Waals surface area (Å²) >= 11 is 7.93. The smallest absolute Gasteiger partial charge is 0.0410 e. The topological polar surface area (TPSA) is 12.0 Å². The van der Waals surface area contributed by atoms with Crippen molar-refractivity contribution in [2.75, 3.05) is 12.3 Å². The number of rotatable bonds is 2. The van der Waals surface area contributed by atoms with E-state index >= 15 is 0 Å². The van der Waals surface area contributed by atoms with Gasteiger partial charge in [-0.25, -0.2) is 0 Å². The Hall–Kier alpha value is -0.180. The molecule has 2 rings (SSSR count). The van der Waals surface area contributed by atoms with Gasteiger partial charge in [-0.05, 0) is 42.5 Å². The Morgan fingerprint density at radius 1 is 1.57 bits per heavy atom. The number of benzene rings is 1. The van der Waals surface area contributed by atoms with Gasteiger partial charge in [-0.3, -0.25) is 0 Å². The molecule has 0 saturated carbocycles. The number of halogens is 1. The van der Waals surface area contributed by atoms with E-state index < -0.39 is 0 Å². The molecule has 0 fully saturated rings. The molecule has 1 N–H and O–H groups in total. The van der Waals surface area contributed by atoms with E-state index in [4.69, 9.17) is 11.6 Å². The average Bonchev–Trinajstić information content (AvgIpc) is 2.19. The summed E-state index contributed by atoms with van der Waals surface area (Å²) in [6.45, 7) is 3.16. The van der Waals surface area contributed by atoms with Crippen molar-refractivity contribution < 1.29 is 0 Å². The fraction of sp³-hybridized carbons (Fsp3) is 0.455. The van der Waals surface area contributed by atoms with Crippen molar-refractivity contribution in [1.82, 2.24) is 5.32 Å². The summed E-state index contributed by atoms with van der Waals surface area (Å²) in [5, 5.41) is 4.34. The van der Waals surface area contributed by atoms with Crippen LogP contribution in [0.1, 0.15) is 24.9 Å². The molecule has 14 heavy (non-hydrogen) atoms. The maximum atomic E-state index is 6.01. The highest BCUT2D eigenvalue weighted by Gasteiger charge is 2.19. The van der Waals surface area contributed by atoms with Crippen LogP contribution >= 0.6 is 23.4 Å². The first-order chi connectivity index (χ1) is 6.81. The first-order valence-electron chi connectivity index (χ1n) is 4.97. The number of fused-ring (bicyclic) bond motifs is 1. The van der Waals surface area contributed by atoms with Gasteiger partial charge in [0.1, 0.15) is 0 Å². The summed E-state index contributed by atoms with van der Waals surface area (Å²) < 4.78 is 0. The number of hydrogen-bond acceptors (Lipinski definition) is 2. The summed E-state index contributed by atoms with van der Waals surface area (Å²) in [6.07, 6.45) is 1.20. The summed E-state index contributed by atoms with van der Waals surface area (Å²) in [6, 6.07) is 6.69. The SMILES string of the molecule is CCNC1CCSc2ccc(Cl)cc21. The molecule has 0 radical (unpaired) electrons. The third kappa shape index (κ3) is 2.08. The van der Waals surface area contributed by atoms with E-state index in [1.165, 1.54) is 22.6 Å². The number of nitrogens with one attached hydrogen (secondary N) is 1. The largest absolute Gasteiger partial charge is 0.310 e. The maximum Gasteiger partial charge on any atom is 0.0410 e. The van der Waals surface area contributed by atoms with Gasteiger partial charge in [0.2, 0.25) is 0 Å². The Balaban J connectivity index is 2.32. The molecular formula is C11H14ClNS. The summed E-state index contributed by atoms with van der Waals surface area (Å²) in [4.78, 5) is 1.38. The second-order valence-corrected chi connectivity index (χ2v) is 5.00. The molecule has 1 aliphatic rings. The van der Waals surface area contributed by atoms with Gasteiger partial charge in [0.25, 0.3) is 0 Å². The molecule has 0 aromatic heterocycles. The quantitative estimate of drug-likeness (QED) is 0.830. The molecule has 1 heterocycles. The van der Waals surface area contributed by atoms with Crippen LogP contribution in [0.5, 0.6) is 0 Å². The Labute approximate surface area is 94.2 Å². The van der Waals surface area contributed by atoms with Gasteiger partial charge in [-0.1, -0.05) is 18.5 Å². The summed E-state index contributed by atoms with van der Waals surface area (Å²) in [5.41, 5.74) is 1.37. The van der Waals surface area contributed by atoms with E-state index in [1.54, 1.807) is 0 Å². The molecule has 1 unspecified atom stereocenters. The number of thioether (sulfide) groups is 1. The van der Waals surface area contributed by atoms with Gasteiger partial charge in [0, 0.05) is 16.0 Å². The highest BCUT2D eigenvalue weighted by atomic mass is 35.5. The molecule has 3 heteroatoms. The molecule has 1 aliphatic heterocycles. The third-order valence-electron chi connectivity index (χ3n) is 2.46. The van der Waals surface area contributed by atoms with Crippen LogP contribution in [0, 0.1) is 0 Å². The van der Waals surface area contributed by atoms with Crippen molar-refractivity contribution in [2.24, 2.45) is 0 Å². The summed E-state index contributed by atoms with van der Waals surface area (Å²) in [5.74, 6) is 1.20. The van der Waals surface area contributed by atoms with Gasteiger partial charge in [0.15, 0.2) is 0 Å². The molecule has 0 spiro atoms. The molecule has 0 saturated heterocycles. The highest BCUT2D eigenvalue weighted by molar-refractivity contribution is 7.99. The van der Waals surface area contributed by atoms with E-state index in [0.717, 1.165) is 11.6 Å². The van der Waals surface area contributed by atoms with Gasteiger partial charge in [-0.15, -0.1) is 11.8 Å². The second-order valence-electron chi connectivity index (χ2n) is 3.43. The molecule has 0 bridgehead atoms. The molecule has 76 valence electrons. The molecule has 0 aliphatic carbocycles. The minimum absolute atomic E-state index is 0.495. The van der Waals surface area contributed by atoms with E-state index in [1.807, 2.05) is 17.8 Å². The lowest BCUT2D eigenvalue weighted by atomic mass is 10.0. The standard InChI is InChI=1S/C11H14ClNS/c1-2-13-10-5-6-14-11-4-3-8(12)7-9(10)11/h3-4,7,10,13H,2,5-6H2,1H3.